The molecule has 1 aromatic carbocycles. The Morgan fingerprint density at radius 1 is 1.39 bits per heavy atom. The third kappa shape index (κ3) is 5.02. The number of aryl methyl sites for hydroxylation is 1. The molecule has 6 heteroatoms. The molecule has 124 valence electrons. The Morgan fingerprint density at radius 2 is 2.13 bits per heavy atom. The Bertz CT molecular complexity index is 652. The smallest absolute Gasteiger partial charge is 0.321 e. The second kappa shape index (κ2) is 7.67. The van der Waals surface area contributed by atoms with Crippen LogP contribution in [0.25, 0.3) is 0 Å². The van der Waals surface area contributed by atoms with Gasteiger partial charge in [0.25, 0.3) is 0 Å². The van der Waals surface area contributed by atoms with Gasteiger partial charge in [0.05, 0.1) is 25.0 Å². The van der Waals surface area contributed by atoms with E-state index in [-0.39, 0.29) is 6.03 Å². The molecule has 1 N–H and O–H groups in total. The number of carbonyl (C=O) groups excluding carboxylic acids is 1. The van der Waals surface area contributed by atoms with Gasteiger partial charge in [0, 0.05) is 25.9 Å². The van der Waals surface area contributed by atoms with Crippen molar-refractivity contribution < 1.29 is 9.53 Å². The third-order valence-corrected chi connectivity index (χ3v) is 3.23. The molecule has 0 unspecified atom stereocenters. The molecule has 0 aliphatic rings. The van der Waals surface area contributed by atoms with Gasteiger partial charge in [-0.3, -0.25) is 4.68 Å². The van der Waals surface area contributed by atoms with Crippen LogP contribution in [0.2, 0.25) is 0 Å². The number of ether oxygens (including phenoxy) is 1. The lowest BCUT2D eigenvalue weighted by molar-refractivity contribution is 0.220. The van der Waals surface area contributed by atoms with Crippen LogP contribution in [0.15, 0.2) is 36.7 Å². The van der Waals surface area contributed by atoms with Gasteiger partial charge in [-0.05, 0) is 18.1 Å². The number of hydrogen-bond donors (Lipinski definition) is 1. The Hall–Kier alpha value is -2.50. The fraction of sp³-hybridized carbons (Fsp3) is 0.412. The Labute approximate surface area is 137 Å². The molecule has 0 saturated heterocycles. The number of urea groups is 1. The van der Waals surface area contributed by atoms with Crippen LogP contribution in [0.3, 0.4) is 0 Å². The molecular formula is C17H24N4O2. The van der Waals surface area contributed by atoms with E-state index in [0.717, 1.165) is 5.56 Å². The fourth-order valence-electron chi connectivity index (χ4n) is 2.06. The van der Waals surface area contributed by atoms with Crippen molar-refractivity contribution in [3.63, 3.8) is 0 Å². The molecule has 1 heterocycles. The molecule has 6 nitrogen and oxygen atoms in total. The summed E-state index contributed by atoms with van der Waals surface area (Å²) in [5, 5.41) is 7.00. The molecular weight excluding hydrogens is 292 g/mol. The van der Waals surface area contributed by atoms with Crippen molar-refractivity contribution in [2.75, 3.05) is 19.0 Å². The summed E-state index contributed by atoms with van der Waals surface area (Å²) >= 11 is 0. The number of benzene rings is 1. The highest BCUT2D eigenvalue weighted by molar-refractivity contribution is 5.90. The highest BCUT2D eigenvalue weighted by Gasteiger charge is 2.13. The first-order chi connectivity index (χ1) is 11.0. The van der Waals surface area contributed by atoms with Crippen LogP contribution in [-0.2, 0) is 13.6 Å². The van der Waals surface area contributed by atoms with Crippen molar-refractivity contribution >= 4 is 11.7 Å². The van der Waals surface area contributed by atoms with Crippen molar-refractivity contribution in [2.45, 2.75) is 20.4 Å². The zero-order valence-electron chi connectivity index (χ0n) is 14.1. The fourth-order valence-corrected chi connectivity index (χ4v) is 2.06. The Balaban J connectivity index is 1.99. The van der Waals surface area contributed by atoms with Crippen LogP contribution >= 0.6 is 0 Å². The molecule has 0 fully saturated rings. The van der Waals surface area contributed by atoms with Gasteiger partial charge in [0.15, 0.2) is 0 Å². The van der Waals surface area contributed by atoms with Crippen LogP contribution < -0.4 is 10.1 Å². The van der Waals surface area contributed by atoms with E-state index in [1.165, 1.54) is 0 Å². The zero-order valence-corrected chi connectivity index (χ0v) is 14.1. The molecule has 0 saturated carbocycles. The van der Waals surface area contributed by atoms with Crippen molar-refractivity contribution in [2.24, 2.45) is 13.0 Å². The first-order valence-corrected chi connectivity index (χ1v) is 7.67. The predicted octanol–water partition coefficient (Wildman–Crippen LogP) is 3.12. The number of anilines is 1. The van der Waals surface area contributed by atoms with Gasteiger partial charge in [-0.2, -0.15) is 5.10 Å². The summed E-state index contributed by atoms with van der Waals surface area (Å²) in [6, 6.07) is 7.28. The second-order valence-electron chi connectivity index (χ2n) is 6.01. The van der Waals surface area contributed by atoms with Crippen molar-refractivity contribution in [1.29, 1.82) is 0 Å². The predicted molar refractivity (Wildman–Crippen MR) is 90.5 cm³/mol. The van der Waals surface area contributed by atoms with E-state index in [4.69, 9.17) is 4.74 Å². The highest BCUT2D eigenvalue weighted by atomic mass is 16.5. The lowest BCUT2D eigenvalue weighted by atomic mass is 10.2. The standard InChI is InChI=1S/C17H24N4O2/c1-13(2)12-23-16-8-6-5-7-15(16)19-17(22)20(3)10-14-9-18-21(4)11-14/h5-9,11,13H,10,12H2,1-4H3,(H,19,22). The second-order valence-corrected chi connectivity index (χ2v) is 6.01. The summed E-state index contributed by atoms with van der Waals surface area (Å²) in [7, 11) is 3.60. The zero-order chi connectivity index (χ0) is 16.8. The number of amides is 2. The summed E-state index contributed by atoms with van der Waals surface area (Å²) in [5.41, 5.74) is 1.66. The number of aromatic nitrogens is 2. The number of hydrogen-bond acceptors (Lipinski definition) is 3. The van der Waals surface area contributed by atoms with Crippen LogP contribution in [0.1, 0.15) is 19.4 Å². The maximum Gasteiger partial charge on any atom is 0.321 e. The molecule has 0 bridgehead atoms. The van der Waals surface area contributed by atoms with Crippen LogP contribution in [0, 0.1) is 5.92 Å². The van der Waals surface area contributed by atoms with Crippen LogP contribution in [-0.4, -0.2) is 34.4 Å². The number of nitrogens with one attached hydrogen (secondary N) is 1. The monoisotopic (exact) mass is 316 g/mol. The van der Waals surface area contributed by atoms with E-state index >= 15 is 0 Å². The molecule has 0 aliphatic carbocycles. The number of nitrogens with zero attached hydrogens (tertiary/aromatic N) is 3. The minimum atomic E-state index is -0.186. The molecule has 2 rings (SSSR count). The molecule has 2 aromatic rings. The van der Waals surface area contributed by atoms with Crippen LogP contribution in [0.4, 0.5) is 10.5 Å². The maximum atomic E-state index is 12.3. The molecule has 0 aliphatic heterocycles. The molecule has 0 atom stereocenters. The van der Waals surface area contributed by atoms with Gasteiger partial charge in [0.1, 0.15) is 5.75 Å². The average Bonchev–Trinajstić information content (AvgIpc) is 2.91. The lowest BCUT2D eigenvalue weighted by Crippen LogP contribution is -2.30. The highest BCUT2D eigenvalue weighted by Crippen LogP contribution is 2.24. The number of carbonyl (C=O) groups is 1. The molecule has 23 heavy (non-hydrogen) atoms. The summed E-state index contributed by atoms with van der Waals surface area (Å²) in [6.45, 7) is 5.28. The Kier molecular flexibility index (Phi) is 5.62. The van der Waals surface area contributed by atoms with Crippen molar-refractivity contribution in [1.82, 2.24) is 14.7 Å². The third-order valence-electron chi connectivity index (χ3n) is 3.23. The van der Waals surface area contributed by atoms with E-state index in [0.29, 0.717) is 30.5 Å². The topological polar surface area (TPSA) is 59.4 Å². The van der Waals surface area contributed by atoms with Gasteiger partial charge < -0.3 is 15.0 Å². The largest absolute Gasteiger partial charge is 0.491 e. The van der Waals surface area contributed by atoms with Gasteiger partial charge in [-0.15, -0.1) is 0 Å². The summed E-state index contributed by atoms with van der Waals surface area (Å²) in [6.07, 6.45) is 3.65. The summed E-state index contributed by atoms with van der Waals surface area (Å²) in [5.74, 6) is 1.11. The quantitative estimate of drug-likeness (QED) is 0.891. The number of para-hydroxylation sites is 2. The first kappa shape index (κ1) is 16.9. The van der Waals surface area contributed by atoms with E-state index in [1.807, 2.05) is 37.5 Å². The van der Waals surface area contributed by atoms with Gasteiger partial charge in [0.2, 0.25) is 0 Å². The minimum absolute atomic E-state index is 0.186. The van der Waals surface area contributed by atoms with E-state index < -0.39 is 0 Å². The minimum Gasteiger partial charge on any atom is -0.491 e. The van der Waals surface area contributed by atoms with Gasteiger partial charge in [-0.25, -0.2) is 4.79 Å². The van der Waals surface area contributed by atoms with Crippen molar-refractivity contribution in [3.8, 4) is 5.75 Å². The first-order valence-electron chi connectivity index (χ1n) is 7.67. The van der Waals surface area contributed by atoms with E-state index in [9.17, 15) is 4.79 Å². The lowest BCUT2D eigenvalue weighted by Gasteiger charge is -2.19. The summed E-state index contributed by atoms with van der Waals surface area (Å²) in [4.78, 5) is 14.0. The molecule has 1 aromatic heterocycles. The summed E-state index contributed by atoms with van der Waals surface area (Å²) < 4.78 is 7.47. The molecule has 2 amide bonds. The van der Waals surface area contributed by atoms with Crippen molar-refractivity contribution in [3.05, 3.63) is 42.2 Å². The molecule has 0 radical (unpaired) electrons. The normalized spacial score (nSPS) is 10.7. The van der Waals surface area contributed by atoms with E-state index in [2.05, 4.69) is 24.3 Å². The Morgan fingerprint density at radius 3 is 2.78 bits per heavy atom. The average molecular weight is 316 g/mol. The number of rotatable bonds is 6. The maximum absolute atomic E-state index is 12.3. The molecule has 0 spiro atoms. The van der Waals surface area contributed by atoms with E-state index in [1.54, 1.807) is 22.8 Å². The van der Waals surface area contributed by atoms with Gasteiger partial charge in [-0.1, -0.05) is 26.0 Å². The van der Waals surface area contributed by atoms with Gasteiger partial charge >= 0.3 is 6.03 Å². The SMILES string of the molecule is CC(C)COc1ccccc1NC(=O)N(C)Cc1cnn(C)c1. The van der Waals surface area contributed by atoms with Crippen LogP contribution in [0.5, 0.6) is 5.75 Å².